The number of benzene rings is 2. The number of likely N-dealkylation sites (tertiary alicyclic amines) is 1. The first-order chi connectivity index (χ1) is 15.4. The lowest BCUT2D eigenvalue weighted by Crippen LogP contribution is -2.52. The first-order valence-electron chi connectivity index (χ1n) is 10.6. The highest BCUT2D eigenvalue weighted by Gasteiger charge is 2.44. The van der Waals surface area contributed by atoms with E-state index in [-0.39, 0.29) is 23.5 Å². The zero-order chi connectivity index (χ0) is 22.7. The Morgan fingerprint density at radius 3 is 2.38 bits per heavy atom. The Morgan fingerprint density at radius 2 is 1.75 bits per heavy atom. The summed E-state index contributed by atoms with van der Waals surface area (Å²) in [5, 5.41) is 6.98. The number of nitrogens with zero attached hydrogens (tertiary/aromatic N) is 3. The average Bonchev–Trinajstić information content (AvgIpc) is 3.30. The van der Waals surface area contributed by atoms with Crippen LogP contribution < -0.4 is 5.32 Å². The highest BCUT2D eigenvalue weighted by molar-refractivity contribution is 5.89. The fraction of sp³-hybridized carbons (Fsp3) is 0.333. The molecule has 0 saturated carbocycles. The van der Waals surface area contributed by atoms with Gasteiger partial charge >= 0.3 is 0 Å². The quantitative estimate of drug-likeness (QED) is 0.660. The molecule has 166 valence electrons. The van der Waals surface area contributed by atoms with Gasteiger partial charge in [0.1, 0.15) is 11.9 Å². The Kier molecular flexibility index (Phi) is 6.03. The molecular formula is C24H25FN4O3. The predicted molar refractivity (Wildman–Crippen MR) is 116 cm³/mol. The predicted octanol–water partition coefficient (Wildman–Crippen LogP) is 3.63. The van der Waals surface area contributed by atoms with Crippen molar-refractivity contribution in [3.05, 3.63) is 71.9 Å². The van der Waals surface area contributed by atoms with E-state index < -0.39 is 11.5 Å². The van der Waals surface area contributed by atoms with Crippen LogP contribution in [0.1, 0.15) is 44.2 Å². The van der Waals surface area contributed by atoms with Gasteiger partial charge < -0.3 is 14.7 Å². The maximum absolute atomic E-state index is 13.5. The Hall–Kier alpha value is -3.55. The summed E-state index contributed by atoms with van der Waals surface area (Å²) >= 11 is 0. The molecule has 0 radical (unpaired) electrons. The largest absolute Gasteiger partial charge is 0.344 e. The van der Waals surface area contributed by atoms with Crippen LogP contribution in [-0.2, 0) is 15.0 Å². The topological polar surface area (TPSA) is 88.3 Å². The normalized spacial score (nSPS) is 16.4. The molecule has 1 fully saturated rings. The molecule has 0 aliphatic carbocycles. The standard InChI is InChI=1S/C24H25FN4O3/c1-16(22-27-21(28-32-22)18-8-10-20(25)11-9-18)26-23(31)24(19-6-4-3-5-7-19)12-14-29(15-13-24)17(2)30/h3-11,16H,12-15H2,1-2H3,(H,26,31). The Bertz CT molecular complexity index is 1090. The van der Waals surface area contributed by atoms with Gasteiger partial charge in [0.2, 0.25) is 23.5 Å². The second-order valence-corrected chi connectivity index (χ2v) is 8.11. The van der Waals surface area contributed by atoms with Crippen molar-refractivity contribution in [2.75, 3.05) is 13.1 Å². The first kappa shape index (κ1) is 21.7. The van der Waals surface area contributed by atoms with E-state index in [2.05, 4.69) is 15.5 Å². The van der Waals surface area contributed by atoms with Gasteiger partial charge in [-0.05, 0) is 49.6 Å². The zero-order valence-electron chi connectivity index (χ0n) is 18.0. The Balaban J connectivity index is 1.54. The van der Waals surface area contributed by atoms with Crippen LogP contribution >= 0.6 is 0 Å². The summed E-state index contributed by atoms with van der Waals surface area (Å²) in [7, 11) is 0. The average molecular weight is 436 g/mol. The minimum atomic E-state index is -0.749. The molecule has 1 aliphatic heterocycles. The van der Waals surface area contributed by atoms with E-state index in [4.69, 9.17) is 4.52 Å². The maximum Gasteiger partial charge on any atom is 0.249 e. The zero-order valence-corrected chi connectivity index (χ0v) is 18.0. The third-order valence-electron chi connectivity index (χ3n) is 6.09. The number of rotatable bonds is 5. The van der Waals surface area contributed by atoms with E-state index in [0.717, 1.165) is 5.56 Å². The number of nitrogens with one attached hydrogen (secondary N) is 1. The summed E-state index contributed by atoms with van der Waals surface area (Å²) in [6, 6.07) is 14.9. The van der Waals surface area contributed by atoms with Crippen LogP contribution in [0.4, 0.5) is 4.39 Å². The molecule has 1 N–H and O–H groups in total. The van der Waals surface area contributed by atoms with E-state index in [1.165, 1.54) is 12.1 Å². The fourth-order valence-electron chi connectivity index (χ4n) is 4.13. The molecule has 0 spiro atoms. The highest BCUT2D eigenvalue weighted by Crippen LogP contribution is 2.36. The number of hydrogen-bond donors (Lipinski definition) is 1. The third-order valence-corrected chi connectivity index (χ3v) is 6.09. The Morgan fingerprint density at radius 1 is 1.09 bits per heavy atom. The van der Waals surface area contributed by atoms with Gasteiger partial charge in [-0.1, -0.05) is 35.5 Å². The number of carbonyl (C=O) groups is 2. The van der Waals surface area contributed by atoms with E-state index in [1.807, 2.05) is 30.3 Å². The van der Waals surface area contributed by atoms with Crippen LogP contribution in [0, 0.1) is 5.82 Å². The molecule has 4 rings (SSSR count). The molecular weight excluding hydrogens is 411 g/mol. The van der Waals surface area contributed by atoms with E-state index in [0.29, 0.717) is 37.3 Å². The smallest absolute Gasteiger partial charge is 0.249 e. The van der Waals surface area contributed by atoms with Gasteiger partial charge in [-0.15, -0.1) is 0 Å². The van der Waals surface area contributed by atoms with Crippen molar-refractivity contribution in [3.63, 3.8) is 0 Å². The summed E-state index contributed by atoms with van der Waals surface area (Å²) in [5.41, 5.74) is 0.795. The van der Waals surface area contributed by atoms with Crippen LogP contribution in [0.3, 0.4) is 0 Å². The fourth-order valence-corrected chi connectivity index (χ4v) is 4.13. The second kappa shape index (κ2) is 8.90. The summed E-state index contributed by atoms with van der Waals surface area (Å²) < 4.78 is 18.5. The molecule has 2 heterocycles. The minimum absolute atomic E-state index is 0.0135. The molecule has 1 unspecified atom stereocenters. The highest BCUT2D eigenvalue weighted by atomic mass is 19.1. The lowest BCUT2D eigenvalue weighted by atomic mass is 9.71. The molecule has 1 aliphatic rings. The lowest BCUT2D eigenvalue weighted by molar-refractivity contribution is -0.135. The number of piperidine rings is 1. The molecule has 32 heavy (non-hydrogen) atoms. The van der Waals surface area contributed by atoms with E-state index in [9.17, 15) is 14.0 Å². The summed E-state index contributed by atoms with van der Waals surface area (Å²) in [4.78, 5) is 31.5. The summed E-state index contributed by atoms with van der Waals surface area (Å²) in [6.07, 6.45) is 1.06. The molecule has 1 aromatic heterocycles. The third kappa shape index (κ3) is 4.26. The van der Waals surface area contributed by atoms with Crippen molar-refractivity contribution in [3.8, 4) is 11.4 Å². The van der Waals surface area contributed by atoms with Crippen molar-refractivity contribution >= 4 is 11.8 Å². The first-order valence-corrected chi connectivity index (χ1v) is 10.6. The van der Waals surface area contributed by atoms with Gasteiger partial charge in [-0.2, -0.15) is 4.98 Å². The number of amides is 2. The summed E-state index contributed by atoms with van der Waals surface area (Å²) in [6.45, 7) is 4.36. The number of aromatic nitrogens is 2. The summed E-state index contributed by atoms with van der Waals surface area (Å²) in [5.74, 6) is 0.122. The lowest BCUT2D eigenvalue weighted by Gasteiger charge is -2.41. The molecule has 2 amide bonds. The van der Waals surface area contributed by atoms with Gasteiger partial charge in [-0.3, -0.25) is 9.59 Å². The van der Waals surface area contributed by atoms with Gasteiger partial charge in [0.25, 0.3) is 0 Å². The van der Waals surface area contributed by atoms with E-state index in [1.54, 1.807) is 30.9 Å². The number of carbonyl (C=O) groups excluding carboxylic acids is 2. The van der Waals surface area contributed by atoms with Crippen molar-refractivity contribution in [1.82, 2.24) is 20.4 Å². The van der Waals surface area contributed by atoms with Gasteiger partial charge in [0, 0.05) is 25.6 Å². The van der Waals surface area contributed by atoms with Crippen LogP contribution in [-0.4, -0.2) is 39.9 Å². The molecule has 1 atom stereocenters. The molecule has 1 saturated heterocycles. The molecule has 3 aromatic rings. The molecule has 2 aromatic carbocycles. The van der Waals surface area contributed by atoms with Gasteiger partial charge in [0.05, 0.1) is 5.41 Å². The Labute approximate surface area is 185 Å². The number of halogens is 1. The maximum atomic E-state index is 13.5. The van der Waals surface area contributed by atoms with Crippen molar-refractivity contribution in [2.24, 2.45) is 0 Å². The van der Waals surface area contributed by atoms with Crippen molar-refractivity contribution in [2.45, 2.75) is 38.1 Å². The monoisotopic (exact) mass is 436 g/mol. The second-order valence-electron chi connectivity index (χ2n) is 8.11. The SMILES string of the molecule is CC(=O)N1CCC(C(=O)NC(C)c2nc(-c3ccc(F)cc3)no2)(c2ccccc2)CC1. The van der Waals surface area contributed by atoms with Crippen LogP contribution in [0.15, 0.2) is 59.1 Å². The molecule has 7 nitrogen and oxygen atoms in total. The van der Waals surface area contributed by atoms with Gasteiger partial charge in [0.15, 0.2) is 0 Å². The number of hydrogen-bond acceptors (Lipinski definition) is 5. The van der Waals surface area contributed by atoms with E-state index >= 15 is 0 Å². The van der Waals surface area contributed by atoms with Crippen LogP contribution in [0.5, 0.6) is 0 Å². The van der Waals surface area contributed by atoms with Crippen molar-refractivity contribution in [1.29, 1.82) is 0 Å². The molecule has 0 bridgehead atoms. The molecule has 8 heteroatoms. The van der Waals surface area contributed by atoms with Crippen LogP contribution in [0.2, 0.25) is 0 Å². The van der Waals surface area contributed by atoms with Crippen molar-refractivity contribution < 1.29 is 18.5 Å². The minimum Gasteiger partial charge on any atom is -0.344 e. The van der Waals surface area contributed by atoms with Gasteiger partial charge in [-0.25, -0.2) is 4.39 Å². The van der Waals surface area contributed by atoms with Crippen LogP contribution in [0.25, 0.3) is 11.4 Å².